The van der Waals surface area contributed by atoms with Gasteiger partial charge in [0.1, 0.15) is 12.4 Å². The van der Waals surface area contributed by atoms with Crippen molar-refractivity contribution in [3.63, 3.8) is 0 Å². The lowest BCUT2D eigenvalue weighted by Crippen LogP contribution is -2.41. The molecule has 146 valence electrons. The molecule has 28 heavy (non-hydrogen) atoms. The van der Waals surface area contributed by atoms with E-state index in [-0.39, 0.29) is 30.6 Å². The molecule has 3 rings (SSSR count). The average molecular weight is 608 g/mol. The number of fused-ring (bicyclic) bond motifs is 1. The van der Waals surface area contributed by atoms with Crippen LogP contribution in [0.2, 0.25) is 0 Å². The molecule has 3 aromatic rings. The van der Waals surface area contributed by atoms with E-state index < -0.39 is 23.0 Å². The Morgan fingerprint density at radius 3 is 2.43 bits per heavy atom. The summed E-state index contributed by atoms with van der Waals surface area (Å²) in [7, 11) is 0. The fraction of sp³-hybridized carbons (Fsp3) is 0.211. The monoisotopic (exact) mass is 608 g/mol. The van der Waals surface area contributed by atoms with E-state index in [0.29, 0.717) is 9.09 Å². The zero-order valence-electron chi connectivity index (χ0n) is 14.7. The van der Waals surface area contributed by atoms with Crippen LogP contribution in [0.5, 0.6) is 0 Å². The van der Waals surface area contributed by atoms with Crippen LogP contribution >= 0.6 is 45.2 Å². The first-order chi connectivity index (χ1) is 13.3. The first kappa shape index (κ1) is 21.0. The van der Waals surface area contributed by atoms with Crippen molar-refractivity contribution in [3.05, 3.63) is 75.8 Å². The van der Waals surface area contributed by atoms with Gasteiger partial charge in [0.2, 0.25) is 0 Å². The fourth-order valence-corrected chi connectivity index (χ4v) is 3.77. The Balaban J connectivity index is 2.22. The van der Waals surface area contributed by atoms with Gasteiger partial charge in [-0.3, -0.25) is 18.7 Å². The quantitative estimate of drug-likeness (QED) is 0.330. The van der Waals surface area contributed by atoms with Crippen LogP contribution in [0, 0.1) is 13.0 Å². The second-order valence-corrected chi connectivity index (χ2v) is 8.45. The molecule has 0 aliphatic heterocycles. The Hall–Kier alpha value is -1.76. The minimum atomic E-state index is -0.689. The van der Waals surface area contributed by atoms with Crippen molar-refractivity contribution in [2.45, 2.75) is 20.0 Å². The average Bonchev–Trinajstić information content (AvgIpc) is 2.64. The number of halogens is 3. The van der Waals surface area contributed by atoms with Crippen LogP contribution in [0.25, 0.3) is 10.9 Å². The molecule has 0 saturated heterocycles. The van der Waals surface area contributed by atoms with E-state index in [9.17, 15) is 18.8 Å². The third kappa shape index (κ3) is 4.29. The maximum absolute atomic E-state index is 14.3. The first-order valence-corrected chi connectivity index (χ1v) is 10.5. The van der Waals surface area contributed by atoms with Gasteiger partial charge in [0, 0.05) is 12.7 Å². The molecule has 6 nitrogen and oxygen atoms in total. The molecule has 1 heterocycles. The van der Waals surface area contributed by atoms with Gasteiger partial charge in [0.05, 0.1) is 24.1 Å². The molecule has 0 unspecified atom stereocenters. The number of carbonyl (C=O) groups is 1. The van der Waals surface area contributed by atoms with Crippen LogP contribution < -0.4 is 11.2 Å². The van der Waals surface area contributed by atoms with Gasteiger partial charge in [-0.05, 0) is 82.4 Å². The molecular weight excluding hydrogens is 593 g/mol. The lowest BCUT2D eigenvalue weighted by Gasteiger charge is -2.14. The van der Waals surface area contributed by atoms with Gasteiger partial charge >= 0.3 is 11.7 Å². The molecule has 0 saturated carbocycles. The Morgan fingerprint density at radius 1 is 1.07 bits per heavy atom. The van der Waals surface area contributed by atoms with Gasteiger partial charge in [0.15, 0.2) is 0 Å². The molecule has 0 aliphatic rings. The van der Waals surface area contributed by atoms with E-state index in [0.717, 1.165) is 8.14 Å². The van der Waals surface area contributed by atoms with Crippen LogP contribution in [0.15, 0.2) is 46.0 Å². The van der Waals surface area contributed by atoms with Crippen molar-refractivity contribution in [2.24, 2.45) is 0 Å². The summed E-state index contributed by atoms with van der Waals surface area (Å²) in [5.41, 5.74) is -0.665. The smallest absolute Gasteiger partial charge is 0.332 e. The van der Waals surface area contributed by atoms with Gasteiger partial charge in [-0.1, -0.05) is 6.07 Å². The van der Waals surface area contributed by atoms with Crippen molar-refractivity contribution in [2.75, 3.05) is 6.61 Å². The zero-order chi connectivity index (χ0) is 20.4. The predicted molar refractivity (Wildman–Crippen MR) is 120 cm³/mol. The van der Waals surface area contributed by atoms with Gasteiger partial charge in [-0.15, -0.1) is 0 Å². The molecule has 0 bridgehead atoms. The molecule has 0 fully saturated rings. The van der Waals surface area contributed by atoms with Gasteiger partial charge in [-0.25, -0.2) is 9.18 Å². The zero-order valence-corrected chi connectivity index (χ0v) is 19.1. The van der Waals surface area contributed by atoms with E-state index in [1.54, 1.807) is 31.2 Å². The summed E-state index contributed by atoms with van der Waals surface area (Å²) in [5, 5.41) is 0.273. The number of hydrogen-bond donors (Lipinski definition) is 0. The SMILES string of the molecule is CCOC(=O)Cn1c(=O)n(Cc2ccc(I)cc2F)c(=O)c2ccc(I)cc21. The minimum Gasteiger partial charge on any atom is -0.465 e. The Morgan fingerprint density at radius 2 is 1.75 bits per heavy atom. The molecule has 0 amide bonds. The summed E-state index contributed by atoms with van der Waals surface area (Å²) >= 11 is 4.04. The summed E-state index contributed by atoms with van der Waals surface area (Å²) in [4.78, 5) is 38.0. The lowest BCUT2D eigenvalue weighted by molar-refractivity contribution is -0.143. The molecule has 0 spiro atoms. The Bertz CT molecular complexity index is 1190. The van der Waals surface area contributed by atoms with Crippen molar-refractivity contribution in [3.8, 4) is 0 Å². The summed E-state index contributed by atoms with van der Waals surface area (Å²) in [6.07, 6.45) is 0. The summed E-state index contributed by atoms with van der Waals surface area (Å²) in [6.45, 7) is 1.28. The number of esters is 1. The maximum atomic E-state index is 14.3. The third-order valence-electron chi connectivity index (χ3n) is 4.12. The largest absolute Gasteiger partial charge is 0.465 e. The topological polar surface area (TPSA) is 70.3 Å². The first-order valence-electron chi connectivity index (χ1n) is 8.34. The summed E-state index contributed by atoms with van der Waals surface area (Å²) in [5.74, 6) is -1.09. The molecule has 0 N–H and O–H groups in total. The summed E-state index contributed by atoms with van der Waals surface area (Å²) < 4.78 is 22.9. The van der Waals surface area contributed by atoms with Gasteiger partial charge in [-0.2, -0.15) is 0 Å². The number of hydrogen-bond acceptors (Lipinski definition) is 4. The van der Waals surface area contributed by atoms with Crippen LogP contribution in [0.4, 0.5) is 4.39 Å². The van der Waals surface area contributed by atoms with Crippen LogP contribution in [0.1, 0.15) is 12.5 Å². The number of ether oxygens (including phenoxy) is 1. The maximum Gasteiger partial charge on any atom is 0.332 e. The highest BCUT2D eigenvalue weighted by atomic mass is 127. The van der Waals surface area contributed by atoms with Crippen LogP contribution in [-0.2, 0) is 22.6 Å². The second-order valence-electron chi connectivity index (χ2n) is 5.96. The third-order valence-corrected chi connectivity index (χ3v) is 5.47. The minimum absolute atomic E-state index is 0.177. The molecule has 0 aliphatic carbocycles. The van der Waals surface area contributed by atoms with Crippen molar-refractivity contribution < 1.29 is 13.9 Å². The number of benzene rings is 2. The highest BCUT2D eigenvalue weighted by molar-refractivity contribution is 14.1. The highest BCUT2D eigenvalue weighted by Gasteiger charge is 2.17. The van der Waals surface area contributed by atoms with E-state index >= 15 is 0 Å². The van der Waals surface area contributed by atoms with E-state index in [2.05, 4.69) is 22.6 Å². The molecule has 0 radical (unpaired) electrons. The Labute approximate surface area is 186 Å². The van der Waals surface area contributed by atoms with Crippen molar-refractivity contribution in [1.82, 2.24) is 9.13 Å². The number of aromatic nitrogens is 2. The normalized spacial score (nSPS) is 11.0. The van der Waals surface area contributed by atoms with E-state index in [1.165, 1.54) is 16.7 Å². The molecular formula is C19H15FI2N2O4. The Kier molecular flexibility index (Phi) is 6.53. The van der Waals surface area contributed by atoms with E-state index in [4.69, 9.17) is 4.74 Å². The molecule has 2 aromatic carbocycles. The predicted octanol–water partition coefficient (Wildman–Crippen LogP) is 3.12. The standard InChI is InChI=1S/C19H15FI2N2O4/c1-2-28-17(25)10-23-16-8-13(22)5-6-14(16)18(26)24(19(23)27)9-11-3-4-12(21)7-15(11)20/h3-8H,2,9-10H2,1H3. The lowest BCUT2D eigenvalue weighted by atomic mass is 10.2. The fourth-order valence-electron chi connectivity index (χ4n) is 2.84. The molecule has 1 aromatic heterocycles. The van der Waals surface area contributed by atoms with Crippen molar-refractivity contribution in [1.29, 1.82) is 0 Å². The number of nitrogens with zero attached hydrogens (tertiary/aromatic N) is 2. The van der Waals surface area contributed by atoms with Crippen LogP contribution in [-0.4, -0.2) is 21.7 Å². The van der Waals surface area contributed by atoms with E-state index in [1.807, 2.05) is 22.6 Å². The second kappa shape index (κ2) is 8.72. The van der Waals surface area contributed by atoms with Gasteiger partial charge in [0.25, 0.3) is 5.56 Å². The number of carbonyl (C=O) groups excluding carboxylic acids is 1. The van der Waals surface area contributed by atoms with Gasteiger partial charge < -0.3 is 4.74 Å². The van der Waals surface area contributed by atoms with Crippen LogP contribution in [0.3, 0.4) is 0 Å². The summed E-state index contributed by atoms with van der Waals surface area (Å²) in [6, 6.07) is 9.57. The number of rotatable bonds is 5. The molecule has 0 atom stereocenters. The molecule has 9 heteroatoms. The highest BCUT2D eigenvalue weighted by Crippen LogP contribution is 2.15. The van der Waals surface area contributed by atoms with Crippen molar-refractivity contribution >= 4 is 62.1 Å².